The lowest BCUT2D eigenvalue weighted by molar-refractivity contribution is 0.476. The predicted molar refractivity (Wildman–Crippen MR) is 68.9 cm³/mol. The Labute approximate surface area is 103 Å². The molecule has 90 valence electrons. The van der Waals surface area contributed by atoms with E-state index in [4.69, 9.17) is 5.73 Å². The molecule has 2 aromatic heterocycles. The van der Waals surface area contributed by atoms with E-state index < -0.39 is 0 Å². The Kier molecular flexibility index (Phi) is 2.46. The van der Waals surface area contributed by atoms with E-state index in [9.17, 15) is 5.11 Å². The van der Waals surface area contributed by atoms with Crippen LogP contribution >= 0.6 is 0 Å². The third-order valence-electron chi connectivity index (χ3n) is 2.79. The van der Waals surface area contributed by atoms with Gasteiger partial charge in [0.2, 0.25) is 0 Å². The number of aromatic amines is 1. The number of aromatic nitrogens is 3. The van der Waals surface area contributed by atoms with Crippen LogP contribution in [0.25, 0.3) is 22.3 Å². The molecule has 3 rings (SSSR count). The molecule has 1 aromatic carbocycles. The van der Waals surface area contributed by atoms with Crippen molar-refractivity contribution in [1.82, 2.24) is 15.0 Å². The topological polar surface area (TPSA) is 87.8 Å². The molecule has 4 N–H and O–H groups in total. The van der Waals surface area contributed by atoms with Crippen molar-refractivity contribution in [2.24, 2.45) is 5.73 Å². The highest BCUT2D eigenvalue weighted by Crippen LogP contribution is 2.25. The van der Waals surface area contributed by atoms with Crippen LogP contribution in [0.3, 0.4) is 0 Å². The minimum Gasteiger partial charge on any atom is -0.508 e. The highest BCUT2D eigenvalue weighted by Gasteiger charge is 2.05. The fourth-order valence-corrected chi connectivity index (χ4v) is 1.86. The molecule has 0 saturated heterocycles. The predicted octanol–water partition coefficient (Wildman–Crippen LogP) is 1.79. The number of benzene rings is 1. The van der Waals surface area contributed by atoms with Crippen LogP contribution in [0.15, 0.2) is 36.7 Å². The number of rotatable bonds is 2. The maximum atomic E-state index is 9.42. The van der Waals surface area contributed by atoms with Crippen LogP contribution in [0.5, 0.6) is 5.75 Å². The average molecular weight is 240 g/mol. The highest BCUT2D eigenvalue weighted by atomic mass is 16.3. The summed E-state index contributed by atoms with van der Waals surface area (Å²) in [4.78, 5) is 11.7. The van der Waals surface area contributed by atoms with Gasteiger partial charge in [-0.15, -0.1) is 0 Å². The largest absolute Gasteiger partial charge is 0.508 e. The molecular formula is C13H12N4O. The second kappa shape index (κ2) is 4.12. The number of aromatic hydroxyl groups is 1. The first-order valence-electron chi connectivity index (χ1n) is 5.59. The van der Waals surface area contributed by atoms with Gasteiger partial charge in [0.05, 0.1) is 23.8 Å². The van der Waals surface area contributed by atoms with Gasteiger partial charge < -0.3 is 15.8 Å². The highest BCUT2D eigenvalue weighted by molar-refractivity contribution is 5.86. The zero-order chi connectivity index (χ0) is 12.5. The number of phenols is 1. The smallest absolute Gasteiger partial charge is 0.116 e. The van der Waals surface area contributed by atoms with E-state index in [1.807, 2.05) is 12.1 Å². The molecule has 0 atom stereocenters. The van der Waals surface area contributed by atoms with Crippen LogP contribution in [0, 0.1) is 0 Å². The number of hydrogen-bond acceptors (Lipinski definition) is 4. The minimum absolute atomic E-state index is 0.248. The first-order chi connectivity index (χ1) is 8.76. The first kappa shape index (κ1) is 10.7. The van der Waals surface area contributed by atoms with Crippen LogP contribution in [-0.4, -0.2) is 20.1 Å². The van der Waals surface area contributed by atoms with Gasteiger partial charge in [0.1, 0.15) is 11.4 Å². The van der Waals surface area contributed by atoms with Crippen molar-refractivity contribution < 1.29 is 5.11 Å². The number of phenolic OH excluding ortho intramolecular Hbond substituents is 1. The summed E-state index contributed by atoms with van der Waals surface area (Å²) in [5, 5.41) is 10.4. The Balaban J connectivity index is 2.07. The van der Waals surface area contributed by atoms with Crippen molar-refractivity contribution in [3.8, 4) is 17.1 Å². The number of nitrogens with one attached hydrogen (secondary N) is 1. The van der Waals surface area contributed by atoms with E-state index in [1.165, 1.54) is 0 Å². The van der Waals surface area contributed by atoms with Crippen LogP contribution < -0.4 is 5.73 Å². The average Bonchev–Trinajstić information content (AvgIpc) is 2.81. The van der Waals surface area contributed by atoms with Crippen molar-refractivity contribution in [2.45, 2.75) is 6.54 Å². The molecular weight excluding hydrogens is 228 g/mol. The summed E-state index contributed by atoms with van der Waals surface area (Å²) in [6.07, 6.45) is 3.35. The van der Waals surface area contributed by atoms with Crippen LogP contribution in [0.2, 0.25) is 0 Å². The molecule has 5 nitrogen and oxygen atoms in total. The number of nitrogens with zero attached hydrogens (tertiary/aromatic N) is 2. The molecule has 3 aromatic rings. The fraction of sp³-hybridized carbons (Fsp3) is 0.0769. The molecule has 0 aliphatic carbocycles. The molecule has 0 fully saturated rings. The molecule has 0 unspecified atom stereocenters. The molecule has 0 saturated carbocycles. The second-order valence-corrected chi connectivity index (χ2v) is 4.05. The quantitative estimate of drug-likeness (QED) is 0.637. The molecule has 0 aliphatic heterocycles. The normalized spacial score (nSPS) is 10.9. The summed E-state index contributed by atoms with van der Waals surface area (Å²) in [6.45, 7) is 0.383. The molecule has 2 heterocycles. The Bertz CT molecular complexity index is 688. The van der Waals surface area contributed by atoms with Crippen molar-refractivity contribution in [1.29, 1.82) is 0 Å². The summed E-state index contributed by atoms with van der Waals surface area (Å²) >= 11 is 0. The number of hydrogen-bond donors (Lipinski definition) is 3. The lowest BCUT2D eigenvalue weighted by Crippen LogP contribution is -2.00. The maximum absolute atomic E-state index is 9.42. The Morgan fingerprint density at radius 1 is 1.17 bits per heavy atom. The van der Waals surface area contributed by atoms with E-state index in [-0.39, 0.29) is 5.75 Å². The zero-order valence-corrected chi connectivity index (χ0v) is 9.59. The lowest BCUT2D eigenvalue weighted by atomic mass is 10.2. The molecule has 18 heavy (non-hydrogen) atoms. The van der Waals surface area contributed by atoms with Gasteiger partial charge in [-0.05, 0) is 24.3 Å². The van der Waals surface area contributed by atoms with E-state index in [1.54, 1.807) is 24.5 Å². The third kappa shape index (κ3) is 1.80. The fourth-order valence-electron chi connectivity index (χ4n) is 1.86. The lowest BCUT2D eigenvalue weighted by Gasteiger charge is -1.98. The van der Waals surface area contributed by atoms with Gasteiger partial charge in [0.15, 0.2) is 0 Å². The summed E-state index contributed by atoms with van der Waals surface area (Å²) in [5.41, 5.74) is 8.81. The van der Waals surface area contributed by atoms with Crippen LogP contribution in [0.1, 0.15) is 5.69 Å². The third-order valence-corrected chi connectivity index (χ3v) is 2.79. The van der Waals surface area contributed by atoms with E-state index in [0.717, 1.165) is 28.0 Å². The Hall–Kier alpha value is -2.40. The van der Waals surface area contributed by atoms with Gasteiger partial charge in [0, 0.05) is 17.4 Å². The van der Waals surface area contributed by atoms with Gasteiger partial charge >= 0.3 is 0 Å². The summed E-state index contributed by atoms with van der Waals surface area (Å²) in [5.74, 6) is 0.248. The van der Waals surface area contributed by atoms with E-state index >= 15 is 0 Å². The van der Waals surface area contributed by atoms with Crippen molar-refractivity contribution in [3.63, 3.8) is 0 Å². The van der Waals surface area contributed by atoms with Gasteiger partial charge in [-0.25, -0.2) is 0 Å². The van der Waals surface area contributed by atoms with Crippen molar-refractivity contribution >= 4 is 10.9 Å². The van der Waals surface area contributed by atoms with Crippen molar-refractivity contribution in [3.05, 3.63) is 42.4 Å². The molecule has 0 radical (unpaired) electrons. The standard InChI is InChI=1S/C13H12N4O/c14-5-9-6-16-13(7-15-9)12-4-8-3-10(18)1-2-11(8)17-12/h1-4,6-7,17-18H,5,14H2. The molecule has 0 amide bonds. The first-order valence-corrected chi connectivity index (χ1v) is 5.59. The molecule has 5 heteroatoms. The number of nitrogens with two attached hydrogens (primary N) is 1. The molecule has 0 bridgehead atoms. The number of fused-ring (bicyclic) bond motifs is 1. The monoisotopic (exact) mass is 240 g/mol. The SMILES string of the molecule is NCc1cnc(-c2cc3cc(O)ccc3[nH]2)cn1. The van der Waals surface area contributed by atoms with Gasteiger partial charge in [-0.1, -0.05) is 0 Å². The van der Waals surface area contributed by atoms with Gasteiger partial charge in [-0.3, -0.25) is 9.97 Å². The number of H-pyrrole nitrogens is 1. The molecule has 0 aliphatic rings. The van der Waals surface area contributed by atoms with Crippen molar-refractivity contribution in [2.75, 3.05) is 0 Å². The summed E-state index contributed by atoms with van der Waals surface area (Å²) in [6, 6.07) is 7.11. The maximum Gasteiger partial charge on any atom is 0.116 e. The Morgan fingerprint density at radius 2 is 2.06 bits per heavy atom. The minimum atomic E-state index is 0.248. The van der Waals surface area contributed by atoms with E-state index in [2.05, 4.69) is 15.0 Å². The zero-order valence-electron chi connectivity index (χ0n) is 9.59. The summed E-state index contributed by atoms with van der Waals surface area (Å²) in [7, 11) is 0. The van der Waals surface area contributed by atoms with Gasteiger partial charge in [-0.2, -0.15) is 0 Å². The van der Waals surface area contributed by atoms with Gasteiger partial charge in [0.25, 0.3) is 0 Å². The summed E-state index contributed by atoms with van der Waals surface area (Å²) < 4.78 is 0. The second-order valence-electron chi connectivity index (χ2n) is 4.05. The van der Waals surface area contributed by atoms with Crippen LogP contribution in [-0.2, 0) is 6.54 Å². The Morgan fingerprint density at radius 3 is 2.78 bits per heavy atom. The van der Waals surface area contributed by atoms with E-state index in [0.29, 0.717) is 6.54 Å². The van der Waals surface area contributed by atoms with Crippen LogP contribution in [0.4, 0.5) is 0 Å². The molecule has 0 spiro atoms.